The number of phenols is 1. The fraction of sp³-hybridized carbons (Fsp3) is 0.182. The second-order valence-corrected chi connectivity index (χ2v) is 3.46. The number of rotatable bonds is 3. The molecular formula is C11H11N3O3. The standard InChI is InChI=1S/C11H11N3O3/c1-7-13-10(14-17-7)6-12-11(16)8-2-4-9(15)5-3-8/h2-5,15H,6H2,1H3,(H,12,16). The molecule has 6 nitrogen and oxygen atoms in total. The summed E-state index contributed by atoms with van der Waals surface area (Å²) in [5.74, 6) is 0.747. The largest absolute Gasteiger partial charge is 0.508 e. The normalized spacial score (nSPS) is 10.2. The first kappa shape index (κ1) is 11.1. The third kappa shape index (κ3) is 2.81. The summed E-state index contributed by atoms with van der Waals surface area (Å²) in [7, 11) is 0. The van der Waals surface area contributed by atoms with Gasteiger partial charge in [-0.2, -0.15) is 4.98 Å². The molecule has 2 N–H and O–H groups in total. The Labute approximate surface area is 97.3 Å². The van der Waals surface area contributed by atoms with Crippen molar-refractivity contribution in [2.75, 3.05) is 0 Å². The van der Waals surface area contributed by atoms with Crippen molar-refractivity contribution in [3.05, 3.63) is 41.5 Å². The Bertz CT molecular complexity index is 519. The van der Waals surface area contributed by atoms with E-state index < -0.39 is 0 Å². The molecule has 1 amide bonds. The highest BCUT2D eigenvalue weighted by molar-refractivity contribution is 5.94. The predicted molar refractivity (Wildman–Crippen MR) is 58.3 cm³/mol. The second-order valence-electron chi connectivity index (χ2n) is 3.46. The van der Waals surface area contributed by atoms with Crippen molar-refractivity contribution >= 4 is 5.91 Å². The van der Waals surface area contributed by atoms with Crippen LogP contribution in [0, 0.1) is 6.92 Å². The monoisotopic (exact) mass is 233 g/mol. The Morgan fingerprint density at radius 3 is 2.71 bits per heavy atom. The van der Waals surface area contributed by atoms with Gasteiger partial charge in [0.2, 0.25) is 5.89 Å². The van der Waals surface area contributed by atoms with Gasteiger partial charge in [-0.05, 0) is 24.3 Å². The summed E-state index contributed by atoms with van der Waals surface area (Å²) in [6.07, 6.45) is 0. The number of benzene rings is 1. The molecule has 1 aromatic carbocycles. The van der Waals surface area contributed by atoms with Crippen LogP contribution in [0.25, 0.3) is 0 Å². The molecule has 88 valence electrons. The van der Waals surface area contributed by atoms with Crippen LogP contribution >= 0.6 is 0 Å². The maximum absolute atomic E-state index is 11.7. The van der Waals surface area contributed by atoms with E-state index in [1.54, 1.807) is 6.92 Å². The predicted octanol–water partition coefficient (Wildman–Crippen LogP) is 1.01. The number of amides is 1. The number of hydrogen-bond acceptors (Lipinski definition) is 5. The Kier molecular flexibility index (Phi) is 3.04. The summed E-state index contributed by atoms with van der Waals surface area (Å²) in [6, 6.07) is 5.97. The molecule has 0 aliphatic heterocycles. The van der Waals surface area contributed by atoms with Gasteiger partial charge in [0, 0.05) is 12.5 Å². The molecule has 0 radical (unpaired) electrons. The van der Waals surface area contributed by atoms with Crippen LogP contribution in [-0.4, -0.2) is 21.2 Å². The van der Waals surface area contributed by atoms with Crippen molar-refractivity contribution in [3.8, 4) is 5.75 Å². The third-order valence-corrected chi connectivity index (χ3v) is 2.11. The Morgan fingerprint density at radius 1 is 1.41 bits per heavy atom. The van der Waals surface area contributed by atoms with E-state index >= 15 is 0 Å². The van der Waals surface area contributed by atoms with E-state index in [1.165, 1.54) is 24.3 Å². The number of aromatic nitrogens is 2. The van der Waals surface area contributed by atoms with Crippen LogP contribution in [-0.2, 0) is 6.54 Å². The van der Waals surface area contributed by atoms with Gasteiger partial charge in [0.15, 0.2) is 5.82 Å². The molecule has 0 bridgehead atoms. The van der Waals surface area contributed by atoms with Crippen LogP contribution in [0.15, 0.2) is 28.8 Å². The maximum atomic E-state index is 11.7. The van der Waals surface area contributed by atoms with Crippen LogP contribution in [0.5, 0.6) is 5.75 Å². The van der Waals surface area contributed by atoms with Gasteiger partial charge in [-0.25, -0.2) is 0 Å². The zero-order valence-electron chi connectivity index (χ0n) is 9.17. The minimum atomic E-state index is -0.257. The van der Waals surface area contributed by atoms with Crippen molar-refractivity contribution in [1.29, 1.82) is 0 Å². The van der Waals surface area contributed by atoms with Gasteiger partial charge in [-0.15, -0.1) is 0 Å². The minimum absolute atomic E-state index is 0.121. The molecule has 2 aromatic rings. The molecule has 17 heavy (non-hydrogen) atoms. The van der Waals surface area contributed by atoms with Gasteiger partial charge in [0.1, 0.15) is 5.75 Å². The SMILES string of the molecule is Cc1nc(CNC(=O)c2ccc(O)cc2)no1. The van der Waals surface area contributed by atoms with E-state index in [1.807, 2.05) is 0 Å². The lowest BCUT2D eigenvalue weighted by molar-refractivity contribution is 0.0949. The molecule has 1 aromatic heterocycles. The zero-order chi connectivity index (χ0) is 12.3. The van der Waals surface area contributed by atoms with Crippen LogP contribution in [0.2, 0.25) is 0 Å². The van der Waals surface area contributed by atoms with Crippen molar-refractivity contribution in [3.63, 3.8) is 0 Å². The van der Waals surface area contributed by atoms with E-state index in [9.17, 15) is 4.79 Å². The molecule has 0 spiro atoms. The average molecular weight is 233 g/mol. The quantitative estimate of drug-likeness (QED) is 0.826. The molecule has 0 saturated heterocycles. The van der Waals surface area contributed by atoms with E-state index in [-0.39, 0.29) is 18.2 Å². The van der Waals surface area contributed by atoms with Gasteiger partial charge in [-0.1, -0.05) is 5.16 Å². The molecule has 0 unspecified atom stereocenters. The van der Waals surface area contributed by atoms with Crippen molar-refractivity contribution in [2.24, 2.45) is 0 Å². The lowest BCUT2D eigenvalue weighted by Crippen LogP contribution is -2.23. The van der Waals surface area contributed by atoms with Gasteiger partial charge in [0.25, 0.3) is 5.91 Å². The number of nitrogens with zero attached hydrogens (tertiary/aromatic N) is 2. The molecule has 2 rings (SSSR count). The number of carbonyl (C=O) groups is 1. The van der Waals surface area contributed by atoms with Crippen LogP contribution in [0.3, 0.4) is 0 Å². The first-order chi connectivity index (χ1) is 8.15. The smallest absolute Gasteiger partial charge is 0.251 e. The van der Waals surface area contributed by atoms with E-state index in [0.717, 1.165) is 0 Å². The van der Waals surface area contributed by atoms with Gasteiger partial charge in [-0.3, -0.25) is 4.79 Å². The number of aromatic hydroxyl groups is 1. The Balaban J connectivity index is 1.95. The molecule has 1 heterocycles. The second kappa shape index (κ2) is 4.65. The van der Waals surface area contributed by atoms with Crippen molar-refractivity contribution < 1.29 is 14.4 Å². The number of nitrogens with one attached hydrogen (secondary N) is 1. The lowest BCUT2D eigenvalue weighted by Gasteiger charge is -2.02. The Morgan fingerprint density at radius 2 is 2.12 bits per heavy atom. The average Bonchev–Trinajstić information content (AvgIpc) is 2.73. The van der Waals surface area contributed by atoms with Crippen LogP contribution in [0.4, 0.5) is 0 Å². The summed E-state index contributed by atoms with van der Waals surface area (Å²) in [4.78, 5) is 15.6. The topological polar surface area (TPSA) is 88.2 Å². The maximum Gasteiger partial charge on any atom is 0.251 e. The summed E-state index contributed by atoms with van der Waals surface area (Å²) in [6.45, 7) is 1.88. The fourth-order valence-electron chi connectivity index (χ4n) is 1.29. The van der Waals surface area contributed by atoms with Crippen molar-refractivity contribution in [1.82, 2.24) is 15.5 Å². The molecule has 0 atom stereocenters. The molecule has 0 saturated carbocycles. The number of carbonyl (C=O) groups excluding carboxylic acids is 1. The zero-order valence-corrected chi connectivity index (χ0v) is 9.17. The van der Waals surface area contributed by atoms with E-state index in [0.29, 0.717) is 17.3 Å². The Hall–Kier alpha value is -2.37. The summed E-state index contributed by atoms with van der Waals surface area (Å²) < 4.78 is 4.77. The van der Waals surface area contributed by atoms with Gasteiger partial charge < -0.3 is 14.9 Å². The number of aryl methyl sites for hydroxylation is 1. The third-order valence-electron chi connectivity index (χ3n) is 2.11. The molecule has 6 heteroatoms. The lowest BCUT2D eigenvalue weighted by atomic mass is 10.2. The first-order valence-corrected chi connectivity index (χ1v) is 5.01. The van der Waals surface area contributed by atoms with E-state index in [4.69, 9.17) is 9.63 Å². The summed E-state index contributed by atoms with van der Waals surface area (Å²) in [5, 5.41) is 15.4. The van der Waals surface area contributed by atoms with Gasteiger partial charge in [0.05, 0.1) is 6.54 Å². The molecule has 0 aliphatic rings. The highest BCUT2D eigenvalue weighted by atomic mass is 16.5. The summed E-state index contributed by atoms with van der Waals surface area (Å²) in [5.41, 5.74) is 0.461. The van der Waals surface area contributed by atoms with Gasteiger partial charge >= 0.3 is 0 Å². The first-order valence-electron chi connectivity index (χ1n) is 5.01. The number of phenolic OH excluding ortho intramolecular Hbond substituents is 1. The number of hydrogen-bond donors (Lipinski definition) is 2. The summed E-state index contributed by atoms with van der Waals surface area (Å²) >= 11 is 0. The molecule has 0 aliphatic carbocycles. The van der Waals surface area contributed by atoms with Crippen LogP contribution < -0.4 is 5.32 Å². The van der Waals surface area contributed by atoms with E-state index in [2.05, 4.69) is 15.5 Å². The van der Waals surface area contributed by atoms with Crippen molar-refractivity contribution in [2.45, 2.75) is 13.5 Å². The molecular weight excluding hydrogens is 222 g/mol. The van der Waals surface area contributed by atoms with Crippen LogP contribution in [0.1, 0.15) is 22.1 Å². The highest BCUT2D eigenvalue weighted by Crippen LogP contribution is 2.09. The molecule has 0 fully saturated rings. The minimum Gasteiger partial charge on any atom is -0.508 e. The fourth-order valence-corrected chi connectivity index (χ4v) is 1.29. The highest BCUT2D eigenvalue weighted by Gasteiger charge is 2.07.